The van der Waals surface area contributed by atoms with Crippen molar-refractivity contribution in [2.75, 3.05) is 7.11 Å². The summed E-state index contributed by atoms with van der Waals surface area (Å²) in [5.74, 6) is -3.15. The third kappa shape index (κ3) is 1.63. The first kappa shape index (κ1) is 13.0. The minimum absolute atomic E-state index is 0.0229. The molecule has 0 saturated heterocycles. The van der Waals surface area contributed by atoms with Crippen molar-refractivity contribution in [1.82, 2.24) is 0 Å². The maximum Gasteiger partial charge on any atom is 0.437 e. The molecule has 14 heavy (non-hydrogen) atoms. The van der Waals surface area contributed by atoms with Crippen LogP contribution in [0.3, 0.4) is 0 Å². The molecule has 0 saturated carbocycles. The lowest BCUT2D eigenvalue weighted by atomic mass is 10.0. The van der Waals surface area contributed by atoms with Crippen molar-refractivity contribution in [3.8, 4) is 0 Å². The van der Waals surface area contributed by atoms with Gasteiger partial charge >= 0.3 is 23.9 Å². The predicted molar refractivity (Wildman–Crippen MR) is 29.5 cm³/mol. The lowest BCUT2D eigenvalue weighted by Crippen LogP contribution is -2.63. The third-order valence-electron chi connectivity index (χ3n) is 1.41. The molecule has 0 radical (unpaired) electrons. The lowest BCUT2D eigenvalue weighted by Gasteiger charge is -2.31. The number of alkyl halides is 6. The van der Waals surface area contributed by atoms with Gasteiger partial charge < -0.3 is 9.84 Å². The average Bonchev–Trinajstić information content (AvgIpc) is 1.80. The highest BCUT2D eigenvalue weighted by atomic mass is 19.4. The van der Waals surface area contributed by atoms with Crippen LogP contribution in [-0.4, -0.2) is 36.1 Å². The standard InChI is InChI=1S/C5H4F6O3/c1-14-3(2(12)13,4(6,7)8)5(9,10)11/h1H3,(H,12,13). The van der Waals surface area contributed by atoms with Gasteiger partial charge in [0, 0.05) is 7.11 Å². The van der Waals surface area contributed by atoms with E-state index in [9.17, 15) is 31.1 Å². The van der Waals surface area contributed by atoms with E-state index >= 15 is 0 Å². The summed E-state index contributed by atoms with van der Waals surface area (Å²) in [6.45, 7) is 0. The maximum atomic E-state index is 11.9. The normalized spacial score (nSPS) is 14.2. The van der Waals surface area contributed by atoms with E-state index in [1.54, 1.807) is 0 Å². The molecule has 0 aromatic heterocycles. The van der Waals surface area contributed by atoms with Gasteiger partial charge in [-0.3, -0.25) is 0 Å². The van der Waals surface area contributed by atoms with Crippen LogP contribution in [0.2, 0.25) is 0 Å². The van der Waals surface area contributed by atoms with Crippen molar-refractivity contribution < 1.29 is 41.0 Å². The van der Waals surface area contributed by atoms with Gasteiger partial charge in [0.15, 0.2) is 0 Å². The number of halogens is 6. The topological polar surface area (TPSA) is 46.5 Å². The van der Waals surface area contributed by atoms with E-state index in [0.717, 1.165) is 0 Å². The van der Waals surface area contributed by atoms with Crippen molar-refractivity contribution in [3.05, 3.63) is 0 Å². The van der Waals surface area contributed by atoms with E-state index in [-0.39, 0.29) is 7.11 Å². The maximum absolute atomic E-state index is 11.9. The first-order valence-electron chi connectivity index (χ1n) is 2.92. The van der Waals surface area contributed by atoms with Crippen LogP contribution < -0.4 is 0 Å². The molecule has 0 aliphatic rings. The van der Waals surface area contributed by atoms with Crippen molar-refractivity contribution in [1.29, 1.82) is 0 Å². The summed E-state index contributed by atoms with van der Waals surface area (Å²) in [5, 5.41) is 7.93. The van der Waals surface area contributed by atoms with Gasteiger partial charge in [0.05, 0.1) is 0 Å². The van der Waals surface area contributed by atoms with Crippen LogP contribution in [0.5, 0.6) is 0 Å². The number of carboxylic acid groups (broad SMARTS) is 1. The van der Waals surface area contributed by atoms with Crippen LogP contribution in [-0.2, 0) is 9.53 Å². The summed E-state index contributed by atoms with van der Waals surface area (Å²) in [6, 6.07) is 0. The number of hydrogen-bond donors (Lipinski definition) is 1. The summed E-state index contributed by atoms with van der Waals surface area (Å²) < 4.78 is 74.5. The lowest BCUT2D eigenvalue weighted by molar-refractivity contribution is -0.362. The Balaban J connectivity index is 5.58. The molecule has 0 fully saturated rings. The SMILES string of the molecule is COC(C(=O)O)(C(F)(F)F)C(F)(F)F. The van der Waals surface area contributed by atoms with Gasteiger partial charge in [0.2, 0.25) is 0 Å². The number of rotatable bonds is 2. The molecule has 0 spiro atoms. The van der Waals surface area contributed by atoms with Crippen LogP contribution in [0, 0.1) is 0 Å². The number of hydrogen-bond acceptors (Lipinski definition) is 2. The molecule has 0 amide bonds. The fourth-order valence-corrected chi connectivity index (χ4v) is 0.722. The first-order valence-corrected chi connectivity index (χ1v) is 2.92. The molecule has 0 aliphatic heterocycles. The minimum atomic E-state index is -6.08. The van der Waals surface area contributed by atoms with Crippen molar-refractivity contribution >= 4 is 5.97 Å². The molecule has 0 bridgehead atoms. The van der Waals surface area contributed by atoms with Gasteiger partial charge in [0.1, 0.15) is 0 Å². The second kappa shape index (κ2) is 3.30. The zero-order valence-corrected chi connectivity index (χ0v) is 6.53. The van der Waals surface area contributed by atoms with Gasteiger partial charge in [-0.15, -0.1) is 0 Å². The largest absolute Gasteiger partial charge is 0.479 e. The van der Waals surface area contributed by atoms with E-state index in [4.69, 9.17) is 5.11 Å². The molecule has 1 N–H and O–H groups in total. The predicted octanol–water partition coefficient (Wildman–Crippen LogP) is 1.58. The molecule has 0 atom stereocenters. The van der Waals surface area contributed by atoms with Crippen LogP contribution in [0.15, 0.2) is 0 Å². The van der Waals surface area contributed by atoms with E-state index in [1.165, 1.54) is 0 Å². The minimum Gasteiger partial charge on any atom is -0.479 e. The smallest absolute Gasteiger partial charge is 0.437 e. The van der Waals surface area contributed by atoms with E-state index in [2.05, 4.69) is 4.74 Å². The number of carbonyl (C=O) groups is 1. The summed E-state index contributed by atoms with van der Waals surface area (Å²) in [6.07, 6.45) is -12.2. The zero-order valence-electron chi connectivity index (χ0n) is 6.53. The molecule has 84 valence electrons. The van der Waals surface area contributed by atoms with Gasteiger partial charge in [-0.25, -0.2) is 4.79 Å². The van der Waals surface area contributed by atoms with Crippen LogP contribution in [0.25, 0.3) is 0 Å². The summed E-state index contributed by atoms with van der Waals surface area (Å²) in [7, 11) is 0.0229. The van der Waals surface area contributed by atoms with Gasteiger partial charge in [-0.05, 0) is 0 Å². The average molecular weight is 226 g/mol. The number of ether oxygens (including phenoxy) is 1. The Bertz CT molecular complexity index is 215. The quantitative estimate of drug-likeness (QED) is 0.727. The van der Waals surface area contributed by atoms with E-state index in [1.807, 2.05) is 0 Å². The number of methoxy groups -OCH3 is 1. The molecule has 0 aromatic rings. The molecule has 0 unspecified atom stereocenters. The van der Waals surface area contributed by atoms with Gasteiger partial charge in [0.25, 0.3) is 0 Å². The Kier molecular flexibility index (Phi) is 3.06. The van der Waals surface area contributed by atoms with Crippen LogP contribution in [0.4, 0.5) is 26.3 Å². The highest BCUT2D eigenvalue weighted by molar-refractivity contribution is 5.80. The van der Waals surface area contributed by atoms with Gasteiger partial charge in [-0.2, -0.15) is 26.3 Å². The monoisotopic (exact) mass is 226 g/mol. The Hall–Kier alpha value is -0.990. The second-order valence-electron chi connectivity index (χ2n) is 2.19. The first-order chi connectivity index (χ1) is 6.00. The summed E-state index contributed by atoms with van der Waals surface area (Å²) >= 11 is 0. The summed E-state index contributed by atoms with van der Waals surface area (Å²) in [4.78, 5) is 9.98. The van der Waals surface area contributed by atoms with Crippen LogP contribution in [0.1, 0.15) is 0 Å². The fourth-order valence-electron chi connectivity index (χ4n) is 0.722. The Morgan fingerprint density at radius 2 is 1.36 bits per heavy atom. The van der Waals surface area contributed by atoms with Gasteiger partial charge in [-0.1, -0.05) is 0 Å². The molecule has 0 aromatic carbocycles. The highest BCUT2D eigenvalue weighted by Gasteiger charge is 2.77. The molecular formula is C5H4F6O3. The molecule has 0 heterocycles. The number of aliphatic carboxylic acids is 1. The Morgan fingerprint density at radius 1 is 1.07 bits per heavy atom. The Labute approximate surface area is 73.3 Å². The highest BCUT2D eigenvalue weighted by Crippen LogP contribution is 2.45. The molecule has 3 nitrogen and oxygen atoms in total. The van der Waals surface area contributed by atoms with E-state index in [0.29, 0.717) is 0 Å². The fraction of sp³-hybridized carbons (Fsp3) is 0.800. The third-order valence-corrected chi connectivity index (χ3v) is 1.41. The zero-order chi connectivity index (χ0) is 11.8. The molecule has 0 aliphatic carbocycles. The number of carboxylic acids is 1. The molecular weight excluding hydrogens is 222 g/mol. The van der Waals surface area contributed by atoms with Crippen molar-refractivity contribution in [3.63, 3.8) is 0 Å². The van der Waals surface area contributed by atoms with Crippen molar-refractivity contribution in [2.45, 2.75) is 18.0 Å². The molecule has 9 heteroatoms. The van der Waals surface area contributed by atoms with Crippen LogP contribution >= 0.6 is 0 Å². The molecule has 0 rings (SSSR count). The van der Waals surface area contributed by atoms with E-state index < -0.39 is 23.9 Å². The second-order valence-corrected chi connectivity index (χ2v) is 2.19. The van der Waals surface area contributed by atoms with Crippen molar-refractivity contribution in [2.24, 2.45) is 0 Å². The summed E-state index contributed by atoms with van der Waals surface area (Å²) in [5.41, 5.74) is -5.17. The Morgan fingerprint density at radius 3 is 1.36 bits per heavy atom.